The van der Waals surface area contributed by atoms with Gasteiger partial charge in [-0.25, -0.2) is 4.39 Å². The minimum atomic E-state index is -0.895. The number of hydrogen-bond donors (Lipinski definition) is 1. The Hall–Kier alpha value is -0.990. The summed E-state index contributed by atoms with van der Waals surface area (Å²) in [4.78, 5) is 3.72. The Kier molecular flexibility index (Phi) is 3.34. The molecule has 0 aromatic carbocycles. The van der Waals surface area contributed by atoms with E-state index in [1.54, 1.807) is 6.07 Å². The first-order valence-corrected chi connectivity index (χ1v) is 4.29. The van der Waals surface area contributed by atoms with Crippen molar-refractivity contribution in [1.82, 2.24) is 4.98 Å². The Labute approximate surface area is 83.0 Å². The largest absolute Gasteiger partial charge is 0.395 e. The average Bonchev–Trinajstić information content (AvgIpc) is 2.10. The van der Waals surface area contributed by atoms with E-state index in [1.165, 1.54) is 12.3 Å². The maximum atomic E-state index is 13.1. The van der Waals surface area contributed by atoms with Gasteiger partial charge in [0.2, 0.25) is 0 Å². The van der Waals surface area contributed by atoms with Gasteiger partial charge in [-0.1, -0.05) is 0 Å². The minimum Gasteiger partial charge on any atom is -0.395 e. The lowest BCUT2D eigenvalue weighted by Gasteiger charge is -2.05. The van der Waals surface area contributed by atoms with E-state index in [4.69, 9.17) is 10.4 Å². The number of halogens is 2. The Morgan fingerprint density at radius 2 is 2.46 bits per heavy atom. The minimum absolute atomic E-state index is 0.0202. The molecular weight excluding hydrogens is 239 g/mol. The van der Waals surface area contributed by atoms with Crippen molar-refractivity contribution < 1.29 is 9.50 Å². The molecule has 0 aliphatic rings. The van der Waals surface area contributed by atoms with Crippen LogP contribution in [0.1, 0.15) is 11.6 Å². The van der Waals surface area contributed by atoms with E-state index in [1.807, 2.05) is 0 Å². The zero-order valence-electron chi connectivity index (χ0n) is 6.54. The number of pyridine rings is 1. The molecule has 13 heavy (non-hydrogen) atoms. The number of nitrogens with zero attached hydrogens (tertiary/aromatic N) is 2. The maximum Gasteiger partial charge on any atom is 0.147 e. The van der Waals surface area contributed by atoms with Crippen LogP contribution in [0.25, 0.3) is 0 Å². The second-order valence-electron chi connectivity index (χ2n) is 2.38. The molecule has 1 unspecified atom stereocenters. The van der Waals surface area contributed by atoms with Crippen molar-refractivity contribution in [3.8, 4) is 6.07 Å². The van der Waals surface area contributed by atoms with E-state index in [2.05, 4.69) is 20.9 Å². The summed E-state index contributed by atoms with van der Waals surface area (Å²) in [6.07, 6.45) is 1.39. The van der Waals surface area contributed by atoms with Gasteiger partial charge in [0, 0.05) is 10.7 Å². The molecule has 1 aromatic rings. The number of nitriles is 1. The quantitative estimate of drug-likeness (QED) is 0.860. The molecule has 0 bridgehead atoms. The molecule has 0 spiro atoms. The van der Waals surface area contributed by atoms with Crippen molar-refractivity contribution >= 4 is 15.9 Å². The van der Waals surface area contributed by atoms with Gasteiger partial charge in [0.1, 0.15) is 11.7 Å². The third-order valence-corrected chi connectivity index (χ3v) is 1.94. The zero-order chi connectivity index (χ0) is 9.84. The monoisotopic (exact) mass is 244 g/mol. The van der Waals surface area contributed by atoms with Gasteiger partial charge in [-0.2, -0.15) is 5.26 Å². The third kappa shape index (κ3) is 2.23. The fourth-order valence-electron chi connectivity index (χ4n) is 0.870. The molecule has 0 saturated heterocycles. The number of rotatable bonds is 2. The van der Waals surface area contributed by atoms with E-state index in [0.717, 1.165) is 0 Å². The fraction of sp³-hybridized carbons (Fsp3) is 0.250. The van der Waals surface area contributed by atoms with Crippen LogP contribution in [-0.4, -0.2) is 16.7 Å². The van der Waals surface area contributed by atoms with Gasteiger partial charge in [-0.3, -0.25) is 4.98 Å². The van der Waals surface area contributed by atoms with Crippen LogP contribution < -0.4 is 0 Å². The lowest BCUT2D eigenvalue weighted by Crippen LogP contribution is -2.06. The number of aromatic nitrogens is 1. The van der Waals surface area contributed by atoms with E-state index < -0.39 is 18.3 Å². The van der Waals surface area contributed by atoms with Gasteiger partial charge in [0.05, 0.1) is 18.4 Å². The topological polar surface area (TPSA) is 56.9 Å². The summed E-state index contributed by atoms with van der Waals surface area (Å²) >= 11 is 3.04. The predicted molar refractivity (Wildman–Crippen MR) is 47.3 cm³/mol. The SMILES string of the molecule is N#CC(CO)c1ncc(Br)cc1F. The predicted octanol–water partition coefficient (Wildman–Crippen LogP) is 1.58. The molecule has 0 saturated carbocycles. The molecule has 0 fully saturated rings. The van der Waals surface area contributed by atoms with Crippen LogP contribution in [0, 0.1) is 17.1 Å². The summed E-state index contributed by atoms with van der Waals surface area (Å²) in [7, 11) is 0. The first kappa shape index (κ1) is 10.1. The smallest absolute Gasteiger partial charge is 0.147 e. The van der Waals surface area contributed by atoms with Crippen LogP contribution in [-0.2, 0) is 0 Å². The molecule has 1 atom stereocenters. The highest BCUT2D eigenvalue weighted by molar-refractivity contribution is 9.10. The molecule has 0 aliphatic heterocycles. The molecular formula is C8H6BrFN2O. The Bertz CT molecular complexity index is 350. The van der Waals surface area contributed by atoms with Crippen molar-refractivity contribution in [1.29, 1.82) is 5.26 Å². The van der Waals surface area contributed by atoms with E-state index in [-0.39, 0.29) is 5.69 Å². The number of aliphatic hydroxyl groups is 1. The van der Waals surface area contributed by atoms with Crippen molar-refractivity contribution in [3.05, 3.63) is 28.2 Å². The van der Waals surface area contributed by atoms with Crippen molar-refractivity contribution in [2.75, 3.05) is 6.61 Å². The lowest BCUT2D eigenvalue weighted by molar-refractivity contribution is 0.281. The van der Waals surface area contributed by atoms with Crippen molar-refractivity contribution in [3.63, 3.8) is 0 Å². The molecule has 5 heteroatoms. The second-order valence-corrected chi connectivity index (χ2v) is 3.30. The molecule has 1 rings (SSSR count). The molecule has 68 valence electrons. The molecule has 1 heterocycles. The highest BCUT2D eigenvalue weighted by atomic mass is 79.9. The highest BCUT2D eigenvalue weighted by Crippen LogP contribution is 2.18. The number of hydrogen-bond acceptors (Lipinski definition) is 3. The Morgan fingerprint density at radius 3 is 2.92 bits per heavy atom. The summed E-state index contributed by atoms with van der Waals surface area (Å²) in [6, 6.07) is 2.97. The van der Waals surface area contributed by atoms with E-state index >= 15 is 0 Å². The van der Waals surface area contributed by atoms with Crippen molar-refractivity contribution in [2.45, 2.75) is 5.92 Å². The van der Waals surface area contributed by atoms with Gasteiger partial charge in [0.25, 0.3) is 0 Å². The van der Waals surface area contributed by atoms with Gasteiger partial charge in [-0.05, 0) is 22.0 Å². The third-order valence-electron chi connectivity index (χ3n) is 1.50. The Morgan fingerprint density at radius 1 is 1.77 bits per heavy atom. The summed E-state index contributed by atoms with van der Waals surface area (Å²) in [5.74, 6) is -1.48. The fourth-order valence-corrected chi connectivity index (χ4v) is 1.17. The van der Waals surface area contributed by atoms with E-state index in [0.29, 0.717) is 4.47 Å². The maximum absolute atomic E-state index is 13.1. The first-order chi connectivity index (χ1) is 6.19. The van der Waals surface area contributed by atoms with Crippen molar-refractivity contribution in [2.24, 2.45) is 0 Å². The van der Waals surface area contributed by atoms with Gasteiger partial charge in [-0.15, -0.1) is 0 Å². The lowest BCUT2D eigenvalue weighted by atomic mass is 10.1. The highest BCUT2D eigenvalue weighted by Gasteiger charge is 2.15. The molecule has 1 aromatic heterocycles. The van der Waals surface area contributed by atoms with Crippen LogP contribution in [0.2, 0.25) is 0 Å². The van der Waals surface area contributed by atoms with Crippen LogP contribution in [0.15, 0.2) is 16.7 Å². The van der Waals surface area contributed by atoms with Crippen LogP contribution in [0.5, 0.6) is 0 Å². The van der Waals surface area contributed by atoms with Crippen LogP contribution in [0.3, 0.4) is 0 Å². The molecule has 0 aliphatic carbocycles. The zero-order valence-corrected chi connectivity index (χ0v) is 8.12. The van der Waals surface area contributed by atoms with Gasteiger partial charge in [0.15, 0.2) is 0 Å². The molecule has 0 radical (unpaired) electrons. The second kappa shape index (κ2) is 4.30. The standard InChI is InChI=1S/C8H6BrFN2O/c9-6-1-7(10)8(12-3-6)5(2-11)4-13/h1,3,5,13H,4H2. The summed E-state index contributed by atoms with van der Waals surface area (Å²) in [6.45, 7) is -0.429. The number of aliphatic hydroxyl groups excluding tert-OH is 1. The Balaban J connectivity index is 3.09. The van der Waals surface area contributed by atoms with Gasteiger partial charge >= 0.3 is 0 Å². The normalized spacial score (nSPS) is 12.2. The molecule has 0 amide bonds. The van der Waals surface area contributed by atoms with E-state index in [9.17, 15) is 4.39 Å². The summed E-state index contributed by atoms with van der Waals surface area (Å²) in [5.41, 5.74) is -0.0202. The molecule has 3 nitrogen and oxygen atoms in total. The molecule has 1 N–H and O–H groups in total. The summed E-state index contributed by atoms with van der Waals surface area (Å²) in [5, 5.41) is 17.3. The average molecular weight is 245 g/mol. The summed E-state index contributed by atoms with van der Waals surface area (Å²) < 4.78 is 13.6. The van der Waals surface area contributed by atoms with Gasteiger partial charge < -0.3 is 5.11 Å². The first-order valence-electron chi connectivity index (χ1n) is 3.50. The van der Waals surface area contributed by atoms with Crippen LogP contribution >= 0.6 is 15.9 Å². The van der Waals surface area contributed by atoms with Crippen LogP contribution in [0.4, 0.5) is 4.39 Å².